The molecule has 0 bridgehead atoms. The highest BCUT2D eigenvalue weighted by Crippen LogP contribution is 2.23. The molecule has 0 spiro atoms. The predicted octanol–water partition coefficient (Wildman–Crippen LogP) is 5.89. The third kappa shape index (κ3) is 6.37. The standard InChI is InChI=1S/C15H22BrF2N/c1-2-3-4-5-6-7-8-9-19-15-11-13(17)12(16)10-14(15)18/h10-11,19H,2-9H2,1H3. The zero-order valence-electron chi connectivity index (χ0n) is 11.4. The molecule has 108 valence electrons. The maximum Gasteiger partial charge on any atom is 0.147 e. The summed E-state index contributed by atoms with van der Waals surface area (Å²) in [5.41, 5.74) is 0.242. The number of nitrogens with one attached hydrogen (secondary N) is 1. The van der Waals surface area contributed by atoms with Gasteiger partial charge in [0.1, 0.15) is 11.6 Å². The fourth-order valence-electron chi connectivity index (χ4n) is 1.96. The molecule has 0 aliphatic rings. The molecule has 0 fully saturated rings. The maximum atomic E-state index is 13.5. The van der Waals surface area contributed by atoms with Gasteiger partial charge in [0, 0.05) is 12.6 Å². The van der Waals surface area contributed by atoms with E-state index in [4.69, 9.17) is 0 Å². The molecule has 1 N–H and O–H groups in total. The van der Waals surface area contributed by atoms with Crippen molar-refractivity contribution < 1.29 is 8.78 Å². The lowest BCUT2D eigenvalue weighted by Gasteiger charge is -2.08. The van der Waals surface area contributed by atoms with Gasteiger partial charge >= 0.3 is 0 Å². The number of benzene rings is 1. The van der Waals surface area contributed by atoms with Gasteiger partial charge in [0.15, 0.2) is 0 Å². The van der Waals surface area contributed by atoms with Gasteiger partial charge in [-0.1, -0.05) is 45.4 Å². The van der Waals surface area contributed by atoms with Crippen LogP contribution in [0.1, 0.15) is 51.9 Å². The average molecular weight is 334 g/mol. The van der Waals surface area contributed by atoms with Gasteiger partial charge in [0.05, 0.1) is 10.2 Å². The van der Waals surface area contributed by atoms with Crippen molar-refractivity contribution in [2.75, 3.05) is 11.9 Å². The monoisotopic (exact) mass is 333 g/mol. The largest absolute Gasteiger partial charge is 0.383 e. The highest BCUT2D eigenvalue weighted by molar-refractivity contribution is 9.10. The van der Waals surface area contributed by atoms with Crippen LogP contribution in [0.25, 0.3) is 0 Å². The first-order valence-electron chi connectivity index (χ1n) is 7.03. The Balaban J connectivity index is 2.17. The van der Waals surface area contributed by atoms with Gasteiger partial charge in [0.2, 0.25) is 0 Å². The Kier molecular flexibility index (Phi) is 8.03. The minimum Gasteiger partial charge on any atom is -0.383 e. The molecule has 0 amide bonds. The molecule has 0 unspecified atom stereocenters. The zero-order chi connectivity index (χ0) is 14.1. The number of rotatable bonds is 9. The summed E-state index contributed by atoms with van der Waals surface area (Å²) in [7, 11) is 0. The van der Waals surface area contributed by atoms with Crippen molar-refractivity contribution >= 4 is 21.6 Å². The van der Waals surface area contributed by atoms with E-state index in [1.165, 1.54) is 38.2 Å². The van der Waals surface area contributed by atoms with Gasteiger partial charge in [0.25, 0.3) is 0 Å². The van der Waals surface area contributed by atoms with E-state index < -0.39 is 11.6 Å². The van der Waals surface area contributed by atoms with E-state index in [9.17, 15) is 8.78 Å². The average Bonchev–Trinajstić information content (AvgIpc) is 2.38. The Morgan fingerprint density at radius 2 is 1.58 bits per heavy atom. The maximum absolute atomic E-state index is 13.5. The Morgan fingerprint density at radius 3 is 2.26 bits per heavy atom. The Bertz CT molecular complexity index is 383. The zero-order valence-corrected chi connectivity index (χ0v) is 13.0. The number of halogens is 3. The first kappa shape index (κ1) is 16.4. The second-order valence-electron chi connectivity index (χ2n) is 4.79. The predicted molar refractivity (Wildman–Crippen MR) is 80.5 cm³/mol. The molecular formula is C15H22BrF2N. The van der Waals surface area contributed by atoms with E-state index in [1.807, 2.05) is 0 Å². The van der Waals surface area contributed by atoms with Crippen LogP contribution in [0.4, 0.5) is 14.5 Å². The quantitative estimate of drug-likeness (QED) is 0.438. The van der Waals surface area contributed by atoms with Gasteiger partial charge < -0.3 is 5.32 Å². The van der Waals surface area contributed by atoms with Crippen LogP contribution in [0.5, 0.6) is 0 Å². The SMILES string of the molecule is CCCCCCCCCNc1cc(F)c(Br)cc1F. The molecule has 0 aliphatic heterocycles. The van der Waals surface area contributed by atoms with Gasteiger partial charge in [-0.05, 0) is 28.4 Å². The molecule has 4 heteroatoms. The third-order valence-corrected chi connectivity index (χ3v) is 3.71. The fraction of sp³-hybridized carbons (Fsp3) is 0.600. The van der Waals surface area contributed by atoms with Crippen LogP contribution in [0.3, 0.4) is 0 Å². The first-order valence-corrected chi connectivity index (χ1v) is 7.83. The van der Waals surface area contributed by atoms with Crippen LogP contribution >= 0.6 is 15.9 Å². The van der Waals surface area contributed by atoms with E-state index in [0.717, 1.165) is 18.9 Å². The molecular weight excluding hydrogens is 312 g/mol. The highest BCUT2D eigenvalue weighted by atomic mass is 79.9. The van der Waals surface area contributed by atoms with Crippen LogP contribution in [-0.2, 0) is 0 Å². The topological polar surface area (TPSA) is 12.0 Å². The number of unbranched alkanes of at least 4 members (excludes halogenated alkanes) is 6. The molecule has 0 atom stereocenters. The third-order valence-electron chi connectivity index (χ3n) is 3.11. The Morgan fingerprint density at radius 1 is 0.947 bits per heavy atom. The van der Waals surface area contributed by atoms with Crippen molar-refractivity contribution in [2.45, 2.75) is 51.9 Å². The molecule has 1 aromatic rings. The fourth-order valence-corrected chi connectivity index (χ4v) is 2.28. The molecule has 0 aromatic heterocycles. The van der Waals surface area contributed by atoms with E-state index in [-0.39, 0.29) is 10.2 Å². The summed E-state index contributed by atoms with van der Waals surface area (Å²) in [5, 5.41) is 2.95. The van der Waals surface area contributed by atoms with Crippen molar-refractivity contribution in [1.29, 1.82) is 0 Å². The molecule has 0 radical (unpaired) electrons. The van der Waals surface area contributed by atoms with E-state index in [1.54, 1.807) is 0 Å². The van der Waals surface area contributed by atoms with Crippen LogP contribution in [-0.4, -0.2) is 6.54 Å². The van der Waals surface area contributed by atoms with Gasteiger partial charge in [-0.3, -0.25) is 0 Å². The van der Waals surface area contributed by atoms with E-state index in [0.29, 0.717) is 6.54 Å². The Labute approximate surface area is 122 Å². The van der Waals surface area contributed by atoms with Gasteiger partial charge in [-0.25, -0.2) is 8.78 Å². The molecule has 0 heterocycles. The summed E-state index contributed by atoms with van der Waals surface area (Å²) in [6.45, 7) is 2.89. The lowest BCUT2D eigenvalue weighted by Crippen LogP contribution is -2.04. The molecule has 19 heavy (non-hydrogen) atoms. The lowest BCUT2D eigenvalue weighted by molar-refractivity contribution is 0.589. The van der Waals surface area contributed by atoms with Crippen LogP contribution in [0.2, 0.25) is 0 Å². The minimum atomic E-state index is -0.441. The summed E-state index contributed by atoms with van der Waals surface area (Å²) in [4.78, 5) is 0. The second-order valence-corrected chi connectivity index (χ2v) is 5.65. The van der Waals surface area contributed by atoms with Crippen molar-refractivity contribution in [3.63, 3.8) is 0 Å². The van der Waals surface area contributed by atoms with Crippen molar-refractivity contribution in [1.82, 2.24) is 0 Å². The number of anilines is 1. The van der Waals surface area contributed by atoms with Crippen LogP contribution in [0, 0.1) is 11.6 Å². The summed E-state index contributed by atoms with van der Waals surface area (Å²) in [6, 6.07) is 2.35. The van der Waals surface area contributed by atoms with Crippen LogP contribution in [0.15, 0.2) is 16.6 Å². The van der Waals surface area contributed by atoms with Gasteiger partial charge in [-0.2, -0.15) is 0 Å². The molecule has 0 saturated carbocycles. The summed E-state index contributed by atoms with van der Waals surface area (Å²) in [5.74, 6) is -0.861. The molecule has 1 aromatic carbocycles. The minimum absolute atomic E-state index is 0.159. The molecule has 0 saturated heterocycles. The lowest BCUT2D eigenvalue weighted by atomic mass is 10.1. The summed E-state index contributed by atoms with van der Waals surface area (Å²) in [6.07, 6.45) is 8.49. The summed E-state index contributed by atoms with van der Waals surface area (Å²) < 4.78 is 26.9. The van der Waals surface area contributed by atoms with Crippen molar-refractivity contribution in [3.05, 3.63) is 28.2 Å². The first-order chi connectivity index (χ1) is 9.15. The molecule has 1 nitrogen and oxygen atoms in total. The highest BCUT2D eigenvalue weighted by Gasteiger charge is 2.07. The summed E-state index contributed by atoms with van der Waals surface area (Å²) >= 11 is 2.96. The number of hydrogen-bond acceptors (Lipinski definition) is 1. The van der Waals surface area contributed by atoms with E-state index >= 15 is 0 Å². The second kappa shape index (κ2) is 9.29. The van der Waals surface area contributed by atoms with Crippen LogP contribution < -0.4 is 5.32 Å². The van der Waals surface area contributed by atoms with Gasteiger partial charge in [-0.15, -0.1) is 0 Å². The van der Waals surface area contributed by atoms with Crippen molar-refractivity contribution in [3.8, 4) is 0 Å². The molecule has 1 rings (SSSR count). The number of hydrogen-bond donors (Lipinski definition) is 1. The molecule has 0 aliphatic carbocycles. The van der Waals surface area contributed by atoms with Crippen molar-refractivity contribution in [2.24, 2.45) is 0 Å². The smallest absolute Gasteiger partial charge is 0.147 e. The normalized spacial score (nSPS) is 10.7. The Hall–Kier alpha value is -0.640. The van der Waals surface area contributed by atoms with E-state index in [2.05, 4.69) is 28.2 Å².